The van der Waals surface area contributed by atoms with Crippen molar-refractivity contribution in [3.8, 4) is 5.75 Å². The topological polar surface area (TPSA) is 60.8 Å². The van der Waals surface area contributed by atoms with E-state index in [1.807, 2.05) is 84.5 Å². The van der Waals surface area contributed by atoms with Crippen LogP contribution >= 0.6 is 0 Å². The van der Waals surface area contributed by atoms with Gasteiger partial charge in [0.1, 0.15) is 18.9 Å². The van der Waals surface area contributed by atoms with Crippen LogP contribution in [0.4, 0.5) is 0 Å². The normalized spacial score (nSPS) is 11.1. The molecule has 190 valence electrons. The molecule has 0 unspecified atom stereocenters. The molecule has 1 aromatic heterocycles. The zero-order valence-electron chi connectivity index (χ0n) is 21.3. The summed E-state index contributed by atoms with van der Waals surface area (Å²) < 4.78 is 13.0. The average molecular weight is 497 g/mol. The van der Waals surface area contributed by atoms with Crippen molar-refractivity contribution in [2.75, 3.05) is 20.2 Å². The van der Waals surface area contributed by atoms with Gasteiger partial charge in [-0.25, -0.2) is 4.79 Å². The Morgan fingerprint density at radius 1 is 0.946 bits per heavy atom. The first-order valence-corrected chi connectivity index (χ1v) is 12.5. The molecule has 0 aliphatic heterocycles. The van der Waals surface area contributed by atoms with E-state index in [1.165, 1.54) is 11.6 Å². The number of hydrogen-bond donors (Lipinski definition) is 0. The first kappa shape index (κ1) is 25.8. The van der Waals surface area contributed by atoms with Gasteiger partial charge in [0.05, 0.1) is 6.61 Å². The van der Waals surface area contributed by atoms with Gasteiger partial charge in [-0.05, 0) is 48.7 Å². The highest BCUT2D eigenvalue weighted by atomic mass is 16.5. The molecule has 0 saturated heterocycles. The van der Waals surface area contributed by atoms with Gasteiger partial charge in [0.15, 0.2) is 0 Å². The molecule has 0 N–H and O–H groups in total. The molecule has 4 rings (SSSR count). The van der Waals surface area contributed by atoms with E-state index in [1.54, 1.807) is 17.9 Å². The highest BCUT2D eigenvalue weighted by Crippen LogP contribution is 2.28. The fourth-order valence-corrected chi connectivity index (χ4v) is 4.08. The molecule has 0 spiro atoms. The smallest absolute Gasteiger partial charge is 0.330 e. The molecule has 37 heavy (non-hydrogen) atoms. The Hall–Kier alpha value is -4.32. The second-order valence-electron chi connectivity index (χ2n) is 8.80. The maximum absolute atomic E-state index is 13.1. The summed E-state index contributed by atoms with van der Waals surface area (Å²) in [6.45, 7) is 3.36. The molecule has 0 bridgehead atoms. The van der Waals surface area contributed by atoms with Crippen LogP contribution in [0.25, 0.3) is 17.0 Å². The molecule has 0 aliphatic carbocycles. The Morgan fingerprint density at radius 3 is 2.35 bits per heavy atom. The van der Waals surface area contributed by atoms with Crippen molar-refractivity contribution in [3.63, 3.8) is 0 Å². The van der Waals surface area contributed by atoms with E-state index < -0.39 is 5.97 Å². The molecule has 0 fully saturated rings. The van der Waals surface area contributed by atoms with Crippen LogP contribution in [-0.2, 0) is 33.9 Å². The van der Waals surface area contributed by atoms with Crippen LogP contribution in [0.5, 0.6) is 5.75 Å². The number of ether oxygens (including phenoxy) is 2. The Bertz CT molecular complexity index is 1360. The lowest BCUT2D eigenvalue weighted by Gasteiger charge is -2.18. The molecule has 3 aromatic carbocycles. The van der Waals surface area contributed by atoms with E-state index in [9.17, 15) is 9.59 Å². The maximum Gasteiger partial charge on any atom is 0.330 e. The summed E-state index contributed by atoms with van der Waals surface area (Å²) in [5.41, 5.74) is 3.98. The fourth-order valence-electron chi connectivity index (χ4n) is 4.08. The Balaban J connectivity index is 1.53. The van der Waals surface area contributed by atoms with E-state index >= 15 is 0 Å². The predicted octanol–water partition coefficient (Wildman–Crippen LogP) is 5.50. The van der Waals surface area contributed by atoms with Crippen LogP contribution in [0.1, 0.15) is 23.6 Å². The standard InChI is InChI=1S/C31H32N2O4/c1-3-36-31(35)17-14-26-21-33(22-30(34)32(2)19-18-24-10-6-4-7-11-24)29-16-15-27(20-28(26)29)37-23-25-12-8-5-9-13-25/h4-17,20-21H,3,18-19,22-23H2,1-2H3/b17-14+. The molecular weight excluding hydrogens is 464 g/mol. The van der Waals surface area contributed by atoms with Crippen molar-refractivity contribution in [2.45, 2.75) is 26.5 Å². The number of nitrogens with zero attached hydrogens (tertiary/aromatic N) is 2. The zero-order chi connectivity index (χ0) is 26.0. The van der Waals surface area contributed by atoms with Crippen molar-refractivity contribution < 1.29 is 19.1 Å². The number of esters is 1. The monoisotopic (exact) mass is 496 g/mol. The van der Waals surface area contributed by atoms with Crippen molar-refractivity contribution in [1.82, 2.24) is 9.47 Å². The first-order chi connectivity index (χ1) is 18.0. The summed E-state index contributed by atoms with van der Waals surface area (Å²) >= 11 is 0. The third kappa shape index (κ3) is 7.10. The minimum Gasteiger partial charge on any atom is -0.489 e. The molecule has 6 nitrogen and oxygen atoms in total. The van der Waals surface area contributed by atoms with Crippen molar-refractivity contribution >= 4 is 28.9 Å². The lowest BCUT2D eigenvalue weighted by atomic mass is 10.1. The maximum atomic E-state index is 13.1. The predicted molar refractivity (Wildman–Crippen MR) is 146 cm³/mol. The first-order valence-electron chi connectivity index (χ1n) is 12.5. The molecule has 4 aromatic rings. The van der Waals surface area contributed by atoms with E-state index in [0.29, 0.717) is 25.5 Å². The fraction of sp³-hybridized carbons (Fsp3) is 0.226. The summed E-state index contributed by atoms with van der Waals surface area (Å²) in [5, 5.41) is 0.894. The van der Waals surface area contributed by atoms with E-state index in [-0.39, 0.29) is 12.5 Å². The second-order valence-corrected chi connectivity index (χ2v) is 8.80. The number of likely N-dealkylation sites (N-methyl/N-ethyl adjacent to an activating group) is 1. The SMILES string of the molecule is CCOC(=O)/C=C/c1cn(CC(=O)N(C)CCc2ccccc2)c2ccc(OCc3ccccc3)cc12. The minimum atomic E-state index is -0.406. The number of aromatic nitrogens is 1. The van der Waals surface area contributed by atoms with Gasteiger partial charge in [-0.15, -0.1) is 0 Å². The number of amides is 1. The van der Waals surface area contributed by atoms with Gasteiger partial charge in [-0.2, -0.15) is 0 Å². The number of carbonyl (C=O) groups is 2. The number of hydrogen-bond acceptors (Lipinski definition) is 4. The summed E-state index contributed by atoms with van der Waals surface area (Å²) in [4.78, 5) is 26.7. The zero-order valence-corrected chi connectivity index (χ0v) is 21.3. The molecular formula is C31H32N2O4. The molecule has 0 atom stereocenters. The van der Waals surface area contributed by atoms with Crippen LogP contribution in [0.3, 0.4) is 0 Å². The van der Waals surface area contributed by atoms with Gasteiger partial charge in [0.2, 0.25) is 5.91 Å². The van der Waals surface area contributed by atoms with E-state index in [2.05, 4.69) is 12.1 Å². The van der Waals surface area contributed by atoms with Crippen LogP contribution < -0.4 is 4.74 Å². The van der Waals surface area contributed by atoms with Crippen molar-refractivity contribution in [2.24, 2.45) is 0 Å². The summed E-state index contributed by atoms with van der Waals surface area (Å²) in [5.74, 6) is 0.320. The Labute approximate surface area is 217 Å². The highest BCUT2D eigenvalue weighted by molar-refractivity contribution is 5.95. The largest absolute Gasteiger partial charge is 0.489 e. The van der Waals surface area contributed by atoms with E-state index in [4.69, 9.17) is 9.47 Å². The Kier molecular flexibility index (Phi) is 8.76. The van der Waals surface area contributed by atoms with Crippen LogP contribution in [-0.4, -0.2) is 41.5 Å². The van der Waals surface area contributed by atoms with Gasteiger partial charge >= 0.3 is 5.97 Å². The molecule has 6 heteroatoms. The van der Waals surface area contributed by atoms with Crippen molar-refractivity contribution in [3.05, 3.63) is 108 Å². The number of carbonyl (C=O) groups excluding carboxylic acids is 2. The van der Waals surface area contributed by atoms with Gasteiger partial charge in [0, 0.05) is 42.3 Å². The average Bonchev–Trinajstić information content (AvgIpc) is 3.27. The van der Waals surface area contributed by atoms with E-state index in [0.717, 1.165) is 28.5 Å². The van der Waals surface area contributed by atoms with Gasteiger partial charge in [-0.3, -0.25) is 4.79 Å². The summed E-state index contributed by atoms with van der Waals surface area (Å²) in [6, 6.07) is 25.9. The van der Waals surface area contributed by atoms with Gasteiger partial charge in [0.25, 0.3) is 0 Å². The lowest BCUT2D eigenvalue weighted by molar-refractivity contribution is -0.137. The van der Waals surface area contributed by atoms with Crippen LogP contribution in [0.15, 0.2) is 91.1 Å². The van der Waals surface area contributed by atoms with Crippen LogP contribution in [0.2, 0.25) is 0 Å². The second kappa shape index (κ2) is 12.6. The molecule has 0 aliphatic rings. The molecule has 0 saturated carbocycles. The minimum absolute atomic E-state index is 0.0122. The number of benzene rings is 3. The summed E-state index contributed by atoms with van der Waals surface area (Å²) in [7, 11) is 1.83. The number of fused-ring (bicyclic) bond motifs is 1. The third-order valence-corrected chi connectivity index (χ3v) is 6.13. The lowest BCUT2D eigenvalue weighted by Crippen LogP contribution is -2.31. The van der Waals surface area contributed by atoms with Crippen LogP contribution in [0, 0.1) is 0 Å². The molecule has 0 radical (unpaired) electrons. The number of rotatable bonds is 11. The van der Waals surface area contributed by atoms with Gasteiger partial charge in [-0.1, -0.05) is 60.7 Å². The molecule has 1 amide bonds. The van der Waals surface area contributed by atoms with Gasteiger partial charge < -0.3 is 18.9 Å². The highest BCUT2D eigenvalue weighted by Gasteiger charge is 2.14. The molecule has 1 heterocycles. The quantitative estimate of drug-likeness (QED) is 0.203. The Morgan fingerprint density at radius 2 is 1.65 bits per heavy atom. The van der Waals surface area contributed by atoms with Crippen molar-refractivity contribution in [1.29, 1.82) is 0 Å². The third-order valence-electron chi connectivity index (χ3n) is 6.13. The summed E-state index contributed by atoms with van der Waals surface area (Å²) in [6.07, 6.45) is 5.82.